The van der Waals surface area contributed by atoms with E-state index in [0.29, 0.717) is 38.0 Å². The van der Waals surface area contributed by atoms with Crippen molar-refractivity contribution in [1.82, 2.24) is 15.0 Å². The lowest BCUT2D eigenvalue weighted by Gasteiger charge is -2.33. The van der Waals surface area contributed by atoms with E-state index < -0.39 is 0 Å². The first-order chi connectivity index (χ1) is 10.2. The Labute approximate surface area is 124 Å². The average molecular weight is 297 g/mol. The van der Waals surface area contributed by atoms with Crippen LogP contribution >= 0.6 is 0 Å². The van der Waals surface area contributed by atoms with E-state index in [1.807, 2.05) is 6.92 Å². The van der Waals surface area contributed by atoms with E-state index in [2.05, 4.69) is 15.0 Å². The van der Waals surface area contributed by atoms with Crippen molar-refractivity contribution < 1.29 is 18.8 Å². The Morgan fingerprint density at radius 3 is 3.05 bits per heavy atom. The largest absolute Gasteiger partial charge is 0.466 e. The molecule has 0 saturated carbocycles. The Balaban J connectivity index is 1.78. The minimum atomic E-state index is -0.122. The van der Waals surface area contributed by atoms with E-state index in [-0.39, 0.29) is 12.0 Å². The molecule has 0 amide bonds. The van der Waals surface area contributed by atoms with Crippen LogP contribution in [0.1, 0.15) is 43.9 Å². The monoisotopic (exact) mass is 297 g/mol. The van der Waals surface area contributed by atoms with Crippen molar-refractivity contribution in [1.29, 1.82) is 0 Å². The van der Waals surface area contributed by atoms with Crippen LogP contribution in [0.2, 0.25) is 0 Å². The molecule has 7 nitrogen and oxygen atoms in total. The third-order valence-corrected chi connectivity index (χ3v) is 3.45. The van der Waals surface area contributed by atoms with E-state index in [1.54, 1.807) is 6.92 Å². The van der Waals surface area contributed by atoms with Crippen molar-refractivity contribution in [3.8, 4) is 0 Å². The van der Waals surface area contributed by atoms with Gasteiger partial charge in [-0.05, 0) is 33.2 Å². The second-order valence-corrected chi connectivity index (χ2v) is 5.07. The van der Waals surface area contributed by atoms with Crippen LogP contribution in [0.15, 0.2) is 4.52 Å². The van der Waals surface area contributed by atoms with E-state index >= 15 is 0 Å². The van der Waals surface area contributed by atoms with Gasteiger partial charge in [0.2, 0.25) is 5.89 Å². The fourth-order valence-corrected chi connectivity index (χ4v) is 2.40. The molecule has 0 bridgehead atoms. The molecule has 0 N–H and O–H groups in total. The van der Waals surface area contributed by atoms with E-state index in [4.69, 9.17) is 14.0 Å². The van der Waals surface area contributed by atoms with Crippen molar-refractivity contribution in [3.63, 3.8) is 0 Å². The zero-order valence-electron chi connectivity index (χ0n) is 12.7. The summed E-state index contributed by atoms with van der Waals surface area (Å²) in [6.45, 7) is 7.07. The highest BCUT2D eigenvalue weighted by atomic mass is 16.5. The van der Waals surface area contributed by atoms with Gasteiger partial charge < -0.3 is 14.0 Å². The van der Waals surface area contributed by atoms with Crippen LogP contribution in [0.3, 0.4) is 0 Å². The fourth-order valence-electron chi connectivity index (χ4n) is 2.40. The molecule has 1 atom stereocenters. The van der Waals surface area contributed by atoms with Crippen LogP contribution in [0.25, 0.3) is 0 Å². The summed E-state index contributed by atoms with van der Waals surface area (Å²) >= 11 is 0. The molecule has 1 aliphatic rings. The van der Waals surface area contributed by atoms with Gasteiger partial charge in [0.15, 0.2) is 5.82 Å². The van der Waals surface area contributed by atoms with Crippen LogP contribution in [0, 0.1) is 6.92 Å². The molecule has 0 aliphatic carbocycles. The number of aryl methyl sites for hydroxylation is 1. The number of esters is 1. The van der Waals surface area contributed by atoms with Crippen molar-refractivity contribution >= 4 is 5.97 Å². The summed E-state index contributed by atoms with van der Waals surface area (Å²) in [4.78, 5) is 17.9. The zero-order valence-corrected chi connectivity index (χ0v) is 12.7. The molecule has 2 rings (SSSR count). The van der Waals surface area contributed by atoms with Crippen LogP contribution in [0.4, 0.5) is 0 Å². The number of rotatable bonds is 7. The number of nitrogens with zero attached hydrogens (tertiary/aromatic N) is 3. The van der Waals surface area contributed by atoms with Crippen molar-refractivity contribution in [3.05, 3.63) is 11.7 Å². The predicted molar refractivity (Wildman–Crippen MR) is 74.7 cm³/mol. The lowest BCUT2D eigenvalue weighted by molar-refractivity contribution is -0.143. The Bertz CT molecular complexity index is 449. The summed E-state index contributed by atoms with van der Waals surface area (Å²) in [6.07, 6.45) is 2.23. The van der Waals surface area contributed by atoms with Gasteiger partial charge in [-0.1, -0.05) is 5.16 Å². The van der Waals surface area contributed by atoms with Crippen LogP contribution in [-0.2, 0) is 14.3 Å². The highest BCUT2D eigenvalue weighted by Crippen LogP contribution is 2.23. The Hall–Kier alpha value is -1.47. The smallest absolute Gasteiger partial charge is 0.305 e. The molecule has 7 heteroatoms. The first kappa shape index (κ1) is 15.9. The van der Waals surface area contributed by atoms with Gasteiger partial charge in [0.25, 0.3) is 0 Å². The van der Waals surface area contributed by atoms with Gasteiger partial charge in [-0.2, -0.15) is 4.98 Å². The minimum Gasteiger partial charge on any atom is -0.466 e. The molecule has 0 aromatic carbocycles. The van der Waals surface area contributed by atoms with E-state index in [0.717, 1.165) is 25.9 Å². The summed E-state index contributed by atoms with van der Waals surface area (Å²) in [5.74, 6) is 1.12. The molecule has 21 heavy (non-hydrogen) atoms. The molecule has 1 saturated heterocycles. The number of carbonyl (C=O) groups excluding carboxylic acids is 1. The zero-order chi connectivity index (χ0) is 15.1. The summed E-state index contributed by atoms with van der Waals surface area (Å²) in [6, 6.07) is 0.0162. The maximum atomic E-state index is 11.3. The number of morpholine rings is 1. The molecule has 0 radical (unpaired) electrons. The predicted octanol–water partition coefficient (Wildman–Crippen LogP) is 1.48. The maximum absolute atomic E-state index is 11.3. The van der Waals surface area contributed by atoms with Crippen LogP contribution in [-0.4, -0.2) is 53.9 Å². The first-order valence-electron chi connectivity index (χ1n) is 7.48. The van der Waals surface area contributed by atoms with Gasteiger partial charge in [-0.25, -0.2) is 0 Å². The molecule has 1 aliphatic heterocycles. The summed E-state index contributed by atoms with van der Waals surface area (Å²) in [5, 5.41) is 3.84. The quantitative estimate of drug-likeness (QED) is 0.557. The molecule has 0 spiro atoms. The molecular weight excluding hydrogens is 274 g/mol. The lowest BCUT2D eigenvalue weighted by Crippen LogP contribution is -2.40. The topological polar surface area (TPSA) is 77.7 Å². The molecule has 2 heterocycles. The first-order valence-corrected chi connectivity index (χ1v) is 7.48. The number of ether oxygens (including phenoxy) is 2. The molecule has 0 unspecified atom stereocenters. The van der Waals surface area contributed by atoms with Gasteiger partial charge in [-0.15, -0.1) is 0 Å². The second-order valence-electron chi connectivity index (χ2n) is 5.07. The molecule has 1 aromatic heterocycles. The van der Waals surface area contributed by atoms with Crippen LogP contribution < -0.4 is 0 Å². The molecule has 1 fully saturated rings. The second kappa shape index (κ2) is 8.09. The third kappa shape index (κ3) is 4.78. The van der Waals surface area contributed by atoms with Gasteiger partial charge in [0, 0.05) is 13.0 Å². The van der Waals surface area contributed by atoms with E-state index in [9.17, 15) is 4.79 Å². The fraction of sp³-hybridized carbons (Fsp3) is 0.786. The van der Waals surface area contributed by atoms with Gasteiger partial charge in [0.1, 0.15) is 6.04 Å². The highest BCUT2D eigenvalue weighted by Gasteiger charge is 2.28. The summed E-state index contributed by atoms with van der Waals surface area (Å²) < 4.78 is 15.7. The highest BCUT2D eigenvalue weighted by molar-refractivity contribution is 5.69. The Kier molecular flexibility index (Phi) is 6.13. The Morgan fingerprint density at radius 2 is 2.33 bits per heavy atom. The number of hydrogen-bond donors (Lipinski definition) is 0. The van der Waals surface area contributed by atoms with Gasteiger partial charge in [-0.3, -0.25) is 9.69 Å². The average Bonchev–Trinajstić information content (AvgIpc) is 2.91. The Morgan fingerprint density at radius 1 is 1.48 bits per heavy atom. The number of hydrogen-bond acceptors (Lipinski definition) is 7. The summed E-state index contributed by atoms with van der Waals surface area (Å²) in [5.41, 5.74) is 0. The van der Waals surface area contributed by atoms with Crippen molar-refractivity contribution in [2.45, 2.75) is 39.2 Å². The SMILES string of the molecule is CCOC(=O)CCCCN1CCOC[C@@H]1c1nc(C)no1. The normalized spacial score (nSPS) is 19.6. The standard InChI is InChI=1S/C14H23N3O4/c1-3-20-13(18)6-4-5-7-17-8-9-19-10-12(17)14-15-11(2)16-21-14/h12H,3-10H2,1-2H3/t12-/m1/s1. The molecule has 1 aromatic rings. The van der Waals surface area contributed by atoms with Gasteiger partial charge >= 0.3 is 5.97 Å². The number of carbonyl (C=O) groups is 1. The number of unbranched alkanes of at least 4 members (excludes halogenated alkanes) is 1. The summed E-state index contributed by atoms with van der Waals surface area (Å²) in [7, 11) is 0. The van der Waals surface area contributed by atoms with E-state index in [1.165, 1.54) is 0 Å². The van der Waals surface area contributed by atoms with Gasteiger partial charge in [0.05, 0.1) is 19.8 Å². The minimum absolute atomic E-state index is 0.0162. The molecule has 118 valence electrons. The number of aromatic nitrogens is 2. The van der Waals surface area contributed by atoms with Crippen molar-refractivity contribution in [2.75, 3.05) is 32.9 Å². The maximum Gasteiger partial charge on any atom is 0.305 e. The van der Waals surface area contributed by atoms with Crippen molar-refractivity contribution in [2.24, 2.45) is 0 Å². The lowest BCUT2D eigenvalue weighted by atomic mass is 10.1. The van der Waals surface area contributed by atoms with Crippen LogP contribution in [0.5, 0.6) is 0 Å². The third-order valence-electron chi connectivity index (χ3n) is 3.45. The molecular formula is C14H23N3O4.